The van der Waals surface area contributed by atoms with Gasteiger partial charge in [-0.15, -0.1) is 0 Å². The van der Waals surface area contributed by atoms with Gasteiger partial charge in [-0.25, -0.2) is 9.36 Å². The normalized spacial score (nSPS) is 10.7. The smallest absolute Gasteiger partial charge is 0.297 e. The lowest BCUT2D eigenvalue weighted by Crippen LogP contribution is -2.35. The van der Waals surface area contributed by atoms with Crippen molar-refractivity contribution in [1.29, 1.82) is 0 Å². The van der Waals surface area contributed by atoms with Crippen LogP contribution in [0.3, 0.4) is 0 Å². The largest absolute Gasteiger partial charge is 0.334 e. The molecule has 0 bridgehead atoms. The molecular weight excluding hydrogens is 298 g/mol. The number of aromatic amines is 1. The van der Waals surface area contributed by atoms with Gasteiger partial charge in [0.05, 0.1) is 16.3 Å². The monoisotopic (exact) mass is 304 g/mol. The number of aromatic nitrogens is 2. The van der Waals surface area contributed by atoms with Crippen molar-refractivity contribution in [2.24, 2.45) is 0 Å². The molecule has 1 aromatic heterocycles. The molecule has 0 aliphatic heterocycles. The molecule has 0 spiro atoms. The molecule has 0 fully saturated rings. The molecule has 2 rings (SSSR count). The van der Waals surface area contributed by atoms with E-state index in [-0.39, 0.29) is 21.4 Å². The van der Waals surface area contributed by atoms with Gasteiger partial charge in [-0.2, -0.15) is 0 Å². The molecule has 0 aliphatic carbocycles. The van der Waals surface area contributed by atoms with E-state index < -0.39 is 11.2 Å². The van der Waals surface area contributed by atoms with Crippen LogP contribution in [0.4, 0.5) is 0 Å². The molecule has 18 heavy (non-hydrogen) atoms. The molecule has 0 radical (unpaired) electrons. The maximum atomic E-state index is 12.0. The molecular formula is C11H7Cl3N2O2. The molecule has 7 heteroatoms. The third kappa shape index (κ3) is 2.19. The minimum Gasteiger partial charge on any atom is -0.297 e. The molecule has 0 unspecified atom stereocenters. The standard InChI is InChI=1S/C11H7Cl3N2O2/c1-5-9(14)15-11(18)16(10(5)17)8-4-6(12)2-3-7(8)13/h2-4H,1H3,(H,15,18). The van der Waals surface area contributed by atoms with Crippen molar-refractivity contribution in [3.63, 3.8) is 0 Å². The Balaban J connectivity index is 2.88. The summed E-state index contributed by atoms with van der Waals surface area (Å²) in [5.74, 6) is 0. The van der Waals surface area contributed by atoms with E-state index in [1.165, 1.54) is 19.1 Å². The predicted molar refractivity (Wildman–Crippen MR) is 72.4 cm³/mol. The van der Waals surface area contributed by atoms with Crippen molar-refractivity contribution in [1.82, 2.24) is 9.55 Å². The van der Waals surface area contributed by atoms with E-state index >= 15 is 0 Å². The summed E-state index contributed by atoms with van der Waals surface area (Å²) in [5.41, 5.74) is -0.754. The molecule has 0 saturated carbocycles. The highest BCUT2D eigenvalue weighted by atomic mass is 35.5. The first-order valence-electron chi connectivity index (χ1n) is 4.88. The number of halogens is 3. The fourth-order valence-electron chi connectivity index (χ4n) is 1.47. The topological polar surface area (TPSA) is 54.9 Å². The summed E-state index contributed by atoms with van der Waals surface area (Å²) in [7, 11) is 0. The van der Waals surface area contributed by atoms with Gasteiger partial charge >= 0.3 is 5.69 Å². The quantitative estimate of drug-likeness (QED) is 0.824. The fourth-order valence-corrected chi connectivity index (χ4v) is 2.00. The lowest BCUT2D eigenvalue weighted by Gasteiger charge is -2.08. The minimum absolute atomic E-state index is 0.0133. The Labute approximate surface area is 117 Å². The van der Waals surface area contributed by atoms with E-state index in [1.54, 1.807) is 6.07 Å². The van der Waals surface area contributed by atoms with E-state index in [4.69, 9.17) is 34.8 Å². The summed E-state index contributed by atoms with van der Waals surface area (Å²) >= 11 is 17.5. The Kier molecular flexibility index (Phi) is 3.52. The van der Waals surface area contributed by atoms with Gasteiger partial charge in [-0.3, -0.25) is 9.78 Å². The molecule has 0 aliphatic rings. The summed E-state index contributed by atoms with van der Waals surface area (Å²) in [6.07, 6.45) is 0. The number of H-pyrrole nitrogens is 1. The van der Waals surface area contributed by atoms with E-state index in [9.17, 15) is 9.59 Å². The van der Waals surface area contributed by atoms with Crippen molar-refractivity contribution < 1.29 is 0 Å². The average molecular weight is 306 g/mol. The zero-order valence-corrected chi connectivity index (χ0v) is 11.4. The van der Waals surface area contributed by atoms with Crippen molar-refractivity contribution in [3.05, 3.63) is 59.8 Å². The Hall–Kier alpha value is -1.23. The Morgan fingerprint density at radius 3 is 2.50 bits per heavy atom. The number of nitrogens with zero attached hydrogens (tertiary/aromatic N) is 1. The lowest BCUT2D eigenvalue weighted by molar-refractivity contribution is 0.860. The maximum Gasteiger partial charge on any atom is 0.334 e. The van der Waals surface area contributed by atoms with Crippen LogP contribution in [0.2, 0.25) is 15.2 Å². The van der Waals surface area contributed by atoms with Crippen molar-refractivity contribution in [2.45, 2.75) is 6.92 Å². The van der Waals surface area contributed by atoms with Crippen LogP contribution in [0, 0.1) is 6.92 Å². The molecule has 1 N–H and O–H groups in total. The predicted octanol–water partition coefficient (Wildman–Crippen LogP) is 2.79. The molecule has 0 amide bonds. The molecule has 0 atom stereocenters. The van der Waals surface area contributed by atoms with Crippen LogP contribution in [0.15, 0.2) is 27.8 Å². The van der Waals surface area contributed by atoms with Crippen LogP contribution >= 0.6 is 34.8 Å². The van der Waals surface area contributed by atoms with Gasteiger partial charge < -0.3 is 0 Å². The summed E-state index contributed by atoms with van der Waals surface area (Å²) in [5, 5.41) is 0.626. The first-order valence-corrected chi connectivity index (χ1v) is 6.02. The van der Waals surface area contributed by atoms with E-state index in [1.807, 2.05) is 0 Å². The van der Waals surface area contributed by atoms with Crippen LogP contribution < -0.4 is 11.2 Å². The Morgan fingerprint density at radius 2 is 1.83 bits per heavy atom. The van der Waals surface area contributed by atoms with Gasteiger partial charge in [-0.1, -0.05) is 34.8 Å². The number of nitrogens with one attached hydrogen (secondary N) is 1. The van der Waals surface area contributed by atoms with E-state index in [0.29, 0.717) is 5.02 Å². The van der Waals surface area contributed by atoms with Crippen molar-refractivity contribution in [2.75, 3.05) is 0 Å². The van der Waals surface area contributed by atoms with Crippen LogP contribution in [-0.2, 0) is 0 Å². The third-order valence-electron chi connectivity index (χ3n) is 2.42. The highest BCUT2D eigenvalue weighted by molar-refractivity contribution is 6.34. The molecule has 94 valence electrons. The zero-order valence-electron chi connectivity index (χ0n) is 9.13. The van der Waals surface area contributed by atoms with Gasteiger partial charge in [0.15, 0.2) is 0 Å². The van der Waals surface area contributed by atoms with Crippen LogP contribution in [-0.4, -0.2) is 9.55 Å². The summed E-state index contributed by atoms with van der Waals surface area (Å²) in [4.78, 5) is 26.2. The van der Waals surface area contributed by atoms with Crippen molar-refractivity contribution in [3.8, 4) is 5.69 Å². The zero-order chi connectivity index (χ0) is 13.4. The molecule has 1 heterocycles. The summed E-state index contributed by atoms with van der Waals surface area (Å²) < 4.78 is 0.898. The van der Waals surface area contributed by atoms with Gasteiger partial charge in [-0.05, 0) is 25.1 Å². The lowest BCUT2D eigenvalue weighted by atomic mass is 10.3. The Bertz CT molecular complexity index is 734. The van der Waals surface area contributed by atoms with Gasteiger partial charge in [0.2, 0.25) is 0 Å². The second-order valence-corrected chi connectivity index (χ2v) is 4.83. The number of rotatable bonds is 1. The first kappa shape index (κ1) is 13.2. The number of benzene rings is 1. The summed E-state index contributed by atoms with van der Waals surface area (Å²) in [6, 6.07) is 4.51. The molecule has 4 nitrogen and oxygen atoms in total. The minimum atomic E-state index is -0.667. The van der Waals surface area contributed by atoms with Crippen LogP contribution in [0.25, 0.3) is 5.69 Å². The number of hydrogen-bond acceptors (Lipinski definition) is 2. The Morgan fingerprint density at radius 1 is 1.17 bits per heavy atom. The SMILES string of the molecule is Cc1c(Cl)[nH]c(=O)n(-c2cc(Cl)ccc2Cl)c1=O. The van der Waals surface area contributed by atoms with Gasteiger partial charge in [0.1, 0.15) is 5.15 Å². The third-order valence-corrected chi connectivity index (χ3v) is 3.35. The first-order chi connectivity index (χ1) is 8.41. The summed E-state index contributed by atoms with van der Waals surface area (Å²) in [6.45, 7) is 1.51. The van der Waals surface area contributed by atoms with Crippen LogP contribution in [0.5, 0.6) is 0 Å². The van der Waals surface area contributed by atoms with Crippen molar-refractivity contribution >= 4 is 34.8 Å². The van der Waals surface area contributed by atoms with Crippen LogP contribution in [0.1, 0.15) is 5.56 Å². The highest BCUT2D eigenvalue weighted by Crippen LogP contribution is 2.22. The second kappa shape index (κ2) is 4.80. The van der Waals surface area contributed by atoms with Gasteiger partial charge in [0.25, 0.3) is 5.56 Å². The average Bonchev–Trinajstić information content (AvgIpc) is 2.31. The maximum absolute atomic E-state index is 12.0. The van der Waals surface area contributed by atoms with E-state index in [2.05, 4.69) is 4.98 Å². The molecule has 2 aromatic rings. The van der Waals surface area contributed by atoms with E-state index in [0.717, 1.165) is 4.57 Å². The fraction of sp³-hybridized carbons (Fsp3) is 0.0909. The van der Waals surface area contributed by atoms with Gasteiger partial charge in [0, 0.05) is 5.02 Å². The number of hydrogen-bond donors (Lipinski definition) is 1. The molecule has 1 aromatic carbocycles. The second-order valence-electron chi connectivity index (χ2n) is 3.61. The highest BCUT2D eigenvalue weighted by Gasteiger charge is 2.13. The molecule has 0 saturated heterocycles.